The van der Waals surface area contributed by atoms with Crippen LogP contribution in [-0.2, 0) is 0 Å². The van der Waals surface area contributed by atoms with Gasteiger partial charge in [-0.05, 0) is 36.8 Å². The van der Waals surface area contributed by atoms with E-state index in [0.717, 1.165) is 11.8 Å². The Balaban J connectivity index is 2.01. The summed E-state index contributed by atoms with van der Waals surface area (Å²) in [6, 6.07) is 18.4. The van der Waals surface area contributed by atoms with Crippen LogP contribution in [0.15, 0.2) is 48.5 Å². The van der Waals surface area contributed by atoms with Crippen molar-refractivity contribution in [2.75, 3.05) is 0 Å². The van der Waals surface area contributed by atoms with Crippen molar-refractivity contribution in [1.29, 1.82) is 0 Å². The van der Waals surface area contributed by atoms with Gasteiger partial charge in [0.1, 0.15) is 0 Å². The van der Waals surface area contributed by atoms with E-state index in [9.17, 15) is 0 Å². The largest absolute Gasteiger partial charge is 0.337 e. The quantitative estimate of drug-likeness (QED) is 0.530. The fraction of sp³-hybridized carbons (Fsp3) is 0.400. The van der Waals surface area contributed by atoms with Gasteiger partial charge >= 0.3 is 0 Å². The molecule has 3 unspecified atom stereocenters. The van der Waals surface area contributed by atoms with Crippen LogP contribution in [0.1, 0.15) is 39.2 Å². The highest BCUT2D eigenvalue weighted by molar-refractivity contribution is 6.08. The predicted octanol–water partition coefficient (Wildman–Crippen LogP) is 5.79. The van der Waals surface area contributed by atoms with Crippen LogP contribution in [0, 0.1) is 11.8 Å². The van der Waals surface area contributed by atoms with Crippen LogP contribution in [0.2, 0.25) is 0 Å². The Morgan fingerprint density at radius 3 is 2.00 bits per heavy atom. The van der Waals surface area contributed by atoms with Crippen molar-refractivity contribution in [3.05, 3.63) is 48.5 Å². The summed E-state index contributed by atoms with van der Waals surface area (Å²) in [5.74, 6) is 1.60. The van der Waals surface area contributed by atoms with Crippen molar-refractivity contribution in [2.45, 2.75) is 39.2 Å². The van der Waals surface area contributed by atoms with Gasteiger partial charge in [-0.1, -0.05) is 56.7 Å². The third kappa shape index (κ3) is 1.98. The van der Waals surface area contributed by atoms with Crippen molar-refractivity contribution in [2.24, 2.45) is 11.8 Å². The molecule has 4 rings (SSSR count). The molecule has 3 aromatic rings. The molecule has 1 aliphatic carbocycles. The van der Waals surface area contributed by atoms with Gasteiger partial charge in [0.15, 0.2) is 0 Å². The van der Waals surface area contributed by atoms with E-state index in [0.29, 0.717) is 6.04 Å². The molecular formula is C20H23N. The highest BCUT2D eigenvalue weighted by atomic mass is 15.0. The maximum Gasteiger partial charge on any atom is 0.0494 e. The molecule has 21 heavy (non-hydrogen) atoms. The van der Waals surface area contributed by atoms with E-state index >= 15 is 0 Å². The van der Waals surface area contributed by atoms with Crippen LogP contribution in [0.4, 0.5) is 0 Å². The first-order valence-electron chi connectivity index (χ1n) is 8.23. The molecule has 3 atom stereocenters. The lowest BCUT2D eigenvalue weighted by Crippen LogP contribution is -2.24. The minimum atomic E-state index is 0.638. The van der Waals surface area contributed by atoms with E-state index in [4.69, 9.17) is 0 Å². The zero-order valence-corrected chi connectivity index (χ0v) is 12.9. The monoisotopic (exact) mass is 277 g/mol. The van der Waals surface area contributed by atoms with Crippen LogP contribution in [0.25, 0.3) is 21.8 Å². The summed E-state index contributed by atoms with van der Waals surface area (Å²) >= 11 is 0. The summed E-state index contributed by atoms with van der Waals surface area (Å²) in [6.45, 7) is 4.84. The number of rotatable bonds is 1. The Hall–Kier alpha value is -1.76. The smallest absolute Gasteiger partial charge is 0.0494 e. The average molecular weight is 277 g/mol. The SMILES string of the molecule is CC1CCC(C)C(n2c3ccccc3c3ccccc32)C1. The fourth-order valence-corrected chi connectivity index (χ4v) is 4.17. The number of nitrogens with zero attached hydrogens (tertiary/aromatic N) is 1. The third-order valence-electron chi connectivity index (χ3n) is 5.36. The number of hydrogen-bond acceptors (Lipinski definition) is 0. The average Bonchev–Trinajstić information content (AvgIpc) is 2.84. The highest BCUT2D eigenvalue weighted by Gasteiger charge is 2.28. The van der Waals surface area contributed by atoms with Crippen LogP contribution < -0.4 is 0 Å². The Morgan fingerprint density at radius 1 is 0.810 bits per heavy atom. The first kappa shape index (κ1) is 12.9. The Labute approximate surface area is 126 Å². The number of para-hydroxylation sites is 2. The normalized spacial score (nSPS) is 26.5. The van der Waals surface area contributed by atoms with E-state index in [1.54, 1.807) is 0 Å². The minimum absolute atomic E-state index is 0.638. The van der Waals surface area contributed by atoms with E-state index in [2.05, 4.69) is 66.9 Å². The van der Waals surface area contributed by atoms with E-state index < -0.39 is 0 Å². The van der Waals surface area contributed by atoms with E-state index in [1.165, 1.54) is 41.1 Å². The lowest BCUT2D eigenvalue weighted by atomic mass is 9.80. The van der Waals surface area contributed by atoms with Crippen LogP contribution in [-0.4, -0.2) is 4.57 Å². The molecule has 0 N–H and O–H groups in total. The zero-order chi connectivity index (χ0) is 14.4. The fourth-order valence-electron chi connectivity index (χ4n) is 4.17. The van der Waals surface area contributed by atoms with E-state index in [1.807, 2.05) is 0 Å². The van der Waals surface area contributed by atoms with Crippen molar-refractivity contribution in [3.8, 4) is 0 Å². The summed E-state index contributed by atoms with van der Waals surface area (Å²) in [5, 5.41) is 2.80. The summed E-state index contributed by atoms with van der Waals surface area (Å²) in [4.78, 5) is 0. The number of hydrogen-bond donors (Lipinski definition) is 0. The van der Waals surface area contributed by atoms with Crippen LogP contribution in [0.3, 0.4) is 0 Å². The van der Waals surface area contributed by atoms with E-state index in [-0.39, 0.29) is 0 Å². The molecule has 0 radical (unpaired) electrons. The second-order valence-electron chi connectivity index (χ2n) is 6.87. The molecule has 1 aliphatic rings. The van der Waals surface area contributed by atoms with Gasteiger partial charge in [-0.3, -0.25) is 0 Å². The minimum Gasteiger partial charge on any atom is -0.337 e. The maximum absolute atomic E-state index is 2.63. The van der Waals surface area contributed by atoms with Gasteiger partial charge in [0, 0.05) is 27.8 Å². The molecule has 108 valence electrons. The summed E-state index contributed by atoms with van der Waals surface area (Å²) in [6.07, 6.45) is 4.05. The van der Waals surface area contributed by atoms with Crippen molar-refractivity contribution in [3.63, 3.8) is 0 Å². The second kappa shape index (κ2) is 4.91. The molecule has 0 saturated heterocycles. The van der Waals surface area contributed by atoms with Gasteiger partial charge in [-0.15, -0.1) is 0 Å². The number of benzene rings is 2. The second-order valence-corrected chi connectivity index (χ2v) is 6.87. The maximum atomic E-state index is 2.63. The zero-order valence-electron chi connectivity index (χ0n) is 12.9. The van der Waals surface area contributed by atoms with Crippen molar-refractivity contribution < 1.29 is 0 Å². The van der Waals surface area contributed by atoms with Gasteiger partial charge in [0.2, 0.25) is 0 Å². The molecule has 0 aliphatic heterocycles. The van der Waals surface area contributed by atoms with Gasteiger partial charge in [0.05, 0.1) is 0 Å². The summed E-state index contributed by atoms with van der Waals surface area (Å²) in [7, 11) is 0. The van der Waals surface area contributed by atoms with Gasteiger partial charge in [-0.2, -0.15) is 0 Å². The molecular weight excluding hydrogens is 254 g/mol. The Morgan fingerprint density at radius 2 is 1.38 bits per heavy atom. The van der Waals surface area contributed by atoms with Crippen LogP contribution >= 0.6 is 0 Å². The standard InChI is InChI=1S/C20H23N/c1-14-11-12-15(2)20(13-14)21-18-9-5-3-7-16(18)17-8-4-6-10-19(17)21/h3-10,14-15,20H,11-13H2,1-2H3. The highest BCUT2D eigenvalue weighted by Crippen LogP contribution is 2.41. The molecule has 0 bridgehead atoms. The van der Waals surface area contributed by atoms with Crippen LogP contribution in [0.5, 0.6) is 0 Å². The van der Waals surface area contributed by atoms with Crippen molar-refractivity contribution >= 4 is 21.8 Å². The lowest BCUT2D eigenvalue weighted by Gasteiger charge is -2.35. The third-order valence-corrected chi connectivity index (χ3v) is 5.36. The van der Waals surface area contributed by atoms with Crippen molar-refractivity contribution in [1.82, 2.24) is 4.57 Å². The lowest BCUT2D eigenvalue weighted by molar-refractivity contribution is 0.215. The Bertz CT molecular complexity index is 729. The Kier molecular flexibility index (Phi) is 3.02. The summed E-state index contributed by atoms with van der Waals surface area (Å²) in [5.41, 5.74) is 2.81. The molecule has 0 amide bonds. The summed E-state index contributed by atoms with van der Waals surface area (Å²) < 4.78 is 2.63. The van der Waals surface area contributed by atoms with Gasteiger partial charge in [0.25, 0.3) is 0 Å². The molecule has 1 fully saturated rings. The number of aromatic nitrogens is 1. The predicted molar refractivity (Wildman–Crippen MR) is 90.7 cm³/mol. The molecule has 2 aromatic carbocycles. The number of fused-ring (bicyclic) bond motifs is 3. The molecule has 1 heterocycles. The van der Waals surface area contributed by atoms with Gasteiger partial charge in [-0.25, -0.2) is 0 Å². The molecule has 1 saturated carbocycles. The van der Waals surface area contributed by atoms with Gasteiger partial charge < -0.3 is 4.57 Å². The molecule has 1 aromatic heterocycles. The first-order chi connectivity index (χ1) is 10.3. The topological polar surface area (TPSA) is 4.93 Å². The molecule has 1 heteroatoms. The molecule has 1 nitrogen and oxygen atoms in total. The first-order valence-corrected chi connectivity index (χ1v) is 8.23. The molecule has 0 spiro atoms.